The highest BCUT2D eigenvalue weighted by Gasteiger charge is 1.92. The minimum Gasteiger partial charge on any atom is -0.394 e. The number of aliphatic hydroxyl groups is 1. The van der Waals surface area contributed by atoms with Crippen LogP contribution in [-0.4, -0.2) is 44.7 Å². The fourth-order valence-corrected chi connectivity index (χ4v) is 1.51. The highest BCUT2D eigenvalue weighted by atomic mass is 16.5. The van der Waals surface area contributed by atoms with Gasteiger partial charge in [-0.1, -0.05) is 30.3 Å². The van der Waals surface area contributed by atoms with Gasteiger partial charge in [0.25, 0.3) is 0 Å². The van der Waals surface area contributed by atoms with Crippen LogP contribution in [0.4, 0.5) is 0 Å². The van der Waals surface area contributed by atoms with E-state index in [2.05, 4.69) is 17.4 Å². The van der Waals surface area contributed by atoms with E-state index in [1.807, 2.05) is 18.2 Å². The molecule has 0 aliphatic carbocycles. The van der Waals surface area contributed by atoms with Crippen LogP contribution >= 0.6 is 0 Å². The minimum atomic E-state index is 0.0728. The van der Waals surface area contributed by atoms with E-state index in [4.69, 9.17) is 14.6 Å². The van der Waals surface area contributed by atoms with Gasteiger partial charge in [-0.25, -0.2) is 0 Å². The van der Waals surface area contributed by atoms with Crippen molar-refractivity contribution in [2.24, 2.45) is 0 Å². The predicted octanol–water partition coefficient (Wildman–Crippen LogP) is 1.19. The minimum absolute atomic E-state index is 0.0728. The zero-order valence-corrected chi connectivity index (χ0v) is 10.8. The molecule has 0 fully saturated rings. The molecule has 2 N–H and O–H groups in total. The molecule has 1 aromatic carbocycles. The molecule has 4 nitrogen and oxygen atoms in total. The van der Waals surface area contributed by atoms with Crippen molar-refractivity contribution in [3.63, 3.8) is 0 Å². The molecule has 0 aliphatic rings. The summed E-state index contributed by atoms with van der Waals surface area (Å²) in [5, 5.41) is 11.9. The molecular formula is C14H23NO3. The van der Waals surface area contributed by atoms with Crippen LogP contribution in [0.3, 0.4) is 0 Å². The first-order valence-electron chi connectivity index (χ1n) is 6.44. The van der Waals surface area contributed by atoms with Gasteiger partial charge < -0.3 is 19.9 Å². The van der Waals surface area contributed by atoms with E-state index in [0.29, 0.717) is 19.8 Å². The van der Waals surface area contributed by atoms with Crippen LogP contribution in [0.2, 0.25) is 0 Å². The predicted molar refractivity (Wildman–Crippen MR) is 71.5 cm³/mol. The lowest BCUT2D eigenvalue weighted by molar-refractivity contribution is 0.0326. The lowest BCUT2D eigenvalue weighted by atomic mass is 10.2. The van der Waals surface area contributed by atoms with Crippen molar-refractivity contribution in [2.75, 3.05) is 39.6 Å². The lowest BCUT2D eigenvalue weighted by Gasteiger charge is -2.06. The number of hydrogen-bond acceptors (Lipinski definition) is 4. The zero-order valence-electron chi connectivity index (χ0n) is 10.8. The molecule has 102 valence electrons. The van der Waals surface area contributed by atoms with Crippen molar-refractivity contribution in [1.82, 2.24) is 5.32 Å². The van der Waals surface area contributed by atoms with Crippen LogP contribution < -0.4 is 5.32 Å². The Morgan fingerprint density at radius 3 is 2.39 bits per heavy atom. The molecule has 0 aromatic heterocycles. The van der Waals surface area contributed by atoms with Crippen molar-refractivity contribution in [3.8, 4) is 0 Å². The quantitative estimate of drug-likeness (QED) is 0.582. The summed E-state index contributed by atoms with van der Waals surface area (Å²) in [4.78, 5) is 0. The van der Waals surface area contributed by atoms with Gasteiger partial charge in [-0.05, 0) is 18.5 Å². The second-order valence-corrected chi connectivity index (χ2v) is 3.96. The molecule has 0 heterocycles. The maximum Gasteiger partial charge on any atom is 0.0701 e. The molecule has 0 bridgehead atoms. The Kier molecular flexibility index (Phi) is 9.38. The normalized spacial score (nSPS) is 10.7. The van der Waals surface area contributed by atoms with E-state index >= 15 is 0 Å². The maximum absolute atomic E-state index is 8.49. The van der Waals surface area contributed by atoms with Gasteiger partial charge in [-0.15, -0.1) is 0 Å². The Bertz CT molecular complexity index is 280. The first kappa shape index (κ1) is 15.1. The average molecular weight is 253 g/mol. The summed E-state index contributed by atoms with van der Waals surface area (Å²) >= 11 is 0. The summed E-state index contributed by atoms with van der Waals surface area (Å²) < 4.78 is 10.5. The van der Waals surface area contributed by atoms with Gasteiger partial charge in [0, 0.05) is 13.2 Å². The van der Waals surface area contributed by atoms with Crippen LogP contribution in [0.5, 0.6) is 0 Å². The van der Waals surface area contributed by atoms with Crippen molar-refractivity contribution in [2.45, 2.75) is 13.0 Å². The Hall–Kier alpha value is -0.940. The first-order chi connectivity index (χ1) is 8.93. The van der Waals surface area contributed by atoms with Crippen LogP contribution in [-0.2, 0) is 16.0 Å². The van der Waals surface area contributed by atoms with Crippen molar-refractivity contribution >= 4 is 0 Å². The molecular weight excluding hydrogens is 230 g/mol. The first-order valence-corrected chi connectivity index (χ1v) is 6.44. The highest BCUT2D eigenvalue weighted by molar-refractivity contribution is 5.14. The van der Waals surface area contributed by atoms with Gasteiger partial charge in [0.15, 0.2) is 0 Å². The van der Waals surface area contributed by atoms with Crippen LogP contribution in [0, 0.1) is 0 Å². The fraction of sp³-hybridized carbons (Fsp3) is 0.571. The smallest absolute Gasteiger partial charge is 0.0701 e. The second-order valence-electron chi connectivity index (χ2n) is 3.96. The Morgan fingerprint density at radius 2 is 1.67 bits per heavy atom. The van der Waals surface area contributed by atoms with E-state index in [0.717, 1.165) is 26.1 Å². The van der Waals surface area contributed by atoms with Gasteiger partial charge in [-0.3, -0.25) is 0 Å². The standard InChI is InChI=1S/C14H23NO3/c16-8-10-18-12-11-17-9-4-7-15-13-14-5-2-1-3-6-14/h1-3,5-6,15-16H,4,7-13H2. The summed E-state index contributed by atoms with van der Waals surface area (Å²) in [6.45, 7) is 4.21. The number of nitrogens with one attached hydrogen (secondary N) is 1. The van der Waals surface area contributed by atoms with E-state index in [-0.39, 0.29) is 6.61 Å². The average Bonchev–Trinajstić information content (AvgIpc) is 2.42. The summed E-state index contributed by atoms with van der Waals surface area (Å²) in [6.07, 6.45) is 0.993. The van der Waals surface area contributed by atoms with Gasteiger partial charge in [0.2, 0.25) is 0 Å². The Balaban J connectivity index is 1.82. The van der Waals surface area contributed by atoms with E-state index in [1.54, 1.807) is 0 Å². The molecule has 0 atom stereocenters. The van der Waals surface area contributed by atoms with Gasteiger partial charge in [0.1, 0.15) is 0 Å². The van der Waals surface area contributed by atoms with Crippen molar-refractivity contribution in [3.05, 3.63) is 35.9 Å². The monoisotopic (exact) mass is 253 g/mol. The van der Waals surface area contributed by atoms with Crippen molar-refractivity contribution in [1.29, 1.82) is 0 Å². The molecule has 0 radical (unpaired) electrons. The Morgan fingerprint density at radius 1 is 0.944 bits per heavy atom. The molecule has 1 rings (SSSR count). The zero-order chi connectivity index (χ0) is 12.9. The van der Waals surface area contributed by atoms with E-state index in [9.17, 15) is 0 Å². The molecule has 0 saturated carbocycles. The van der Waals surface area contributed by atoms with Crippen LogP contribution in [0.1, 0.15) is 12.0 Å². The van der Waals surface area contributed by atoms with Crippen LogP contribution in [0.25, 0.3) is 0 Å². The Labute approximate surface area is 109 Å². The number of rotatable bonds is 11. The number of aliphatic hydroxyl groups excluding tert-OH is 1. The summed E-state index contributed by atoms with van der Waals surface area (Å²) in [6, 6.07) is 10.3. The molecule has 1 aromatic rings. The van der Waals surface area contributed by atoms with Crippen LogP contribution in [0.15, 0.2) is 30.3 Å². The van der Waals surface area contributed by atoms with Gasteiger partial charge >= 0.3 is 0 Å². The molecule has 0 unspecified atom stereocenters. The maximum atomic E-state index is 8.49. The molecule has 4 heteroatoms. The highest BCUT2D eigenvalue weighted by Crippen LogP contribution is 1.96. The third-order valence-corrected chi connectivity index (χ3v) is 2.42. The number of benzene rings is 1. The molecule has 0 amide bonds. The van der Waals surface area contributed by atoms with E-state index < -0.39 is 0 Å². The van der Waals surface area contributed by atoms with Gasteiger partial charge in [0.05, 0.1) is 26.4 Å². The third-order valence-electron chi connectivity index (χ3n) is 2.42. The lowest BCUT2D eigenvalue weighted by Crippen LogP contribution is -2.17. The number of ether oxygens (including phenoxy) is 2. The van der Waals surface area contributed by atoms with Gasteiger partial charge in [-0.2, -0.15) is 0 Å². The summed E-state index contributed by atoms with van der Waals surface area (Å²) in [5.74, 6) is 0. The van der Waals surface area contributed by atoms with Crippen molar-refractivity contribution < 1.29 is 14.6 Å². The largest absolute Gasteiger partial charge is 0.394 e. The molecule has 0 saturated heterocycles. The summed E-state index contributed by atoms with van der Waals surface area (Å²) in [5.41, 5.74) is 1.30. The molecule has 0 aliphatic heterocycles. The second kappa shape index (κ2) is 11.2. The van der Waals surface area contributed by atoms with E-state index in [1.165, 1.54) is 5.56 Å². The third kappa shape index (κ3) is 8.20. The number of hydrogen-bond donors (Lipinski definition) is 2. The fourth-order valence-electron chi connectivity index (χ4n) is 1.51. The SMILES string of the molecule is OCCOCCOCCCNCc1ccccc1. The molecule has 18 heavy (non-hydrogen) atoms. The summed E-state index contributed by atoms with van der Waals surface area (Å²) in [7, 11) is 0. The topological polar surface area (TPSA) is 50.7 Å². The molecule has 0 spiro atoms.